The van der Waals surface area contributed by atoms with Gasteiger partial charge < -0.3 is 15.0 Å². The zero-order valence-corrected chi connectivity index (χ0v) is 16.0. The molecule has 0 aliphatic heterocycles. The number of hydrogen-bond acceptors (Lipinski definition) is 3. The molecule has 0 bridgehead atoms. The first-order chi connectivity index (χ1) is 12.2. The van der Waals surface area contributed by atoms with Gasteiger partial charge in [0.15, 0.2) is 0 Å². The van der Waals surface area contributed by atoms with Gasteiger partial charge in [0.1, 0.15) is 11.3 Å². The summed E-state index contributed by atoms with van der Waals surface area (Å²) < 4.78 is 5.47. The summed E-state index contributed by atoms with van der Waals surface area (Å²) in [6, 6.07) is 8.09. The lowest BCUT2D eigenvalue weighted by Crippen LogP contribution is -2.40. The van der Waals surface area contributed by atoms with E-state index in [0.717, 1.165) is 42.1 Å². The summed E-state index contributed by atoms with van der Waals surface area (Å²) >= 11 is 0. The summed E-state index contributed by atoms with van der Waals surface area (Å²) in [5.41, 5.74) is 2.27. The number of aromatic amines is 1. The minimum Gasteiger partial charge on any atom is -0.460 e. The number of carbonyl (C=O) groups excluding carboxylic acids is 2. The Morgan fingerprint density at radius 3 is 2.46 bits per heavy atom. The standard InChI is InChI=1S/C21H28N2O3/c1-13-5-6-15-12-18(23-17(15)11-13)19(24)22-16-9-7-14(8-10-16)20(25)26-21(2,3)4/h5-6,11-12,14,16,23H,7-10H2,1-4H3,(H,22,24). The van der Waals surface area contributed by atoms with E-state index in [0.29, 0.717) is 5.69 Å². The molecule has 0 spiro atoms. The second-order valence-corrected chi connectivity index (χ2v) is 8.33. The van der Waals surface area contributed by atoms with Gasteiger partial charge in [0.2, 0.25) is 0 Å². The fourth-order valence-electron chi connectivity index (χ4n) is 3.48. The minimum absolute atomic E-state index is 0.0570. The molecule has 5 heteroatoms. The first-order valence-electron chi connectivity index (χ1n) is 9.34. The van der Waals surface area contributed by atoms with Crippen LogP contribution in [0.4, 0.5) is 0 Å². The van der Waals surface area contributed by atoms with E-state index in [1.807, 2.05) is 52.0 Å². The number of amides is 1. The average molecular weight is 356 g/mol. The van der Waals surface area contributed by atoms with E-state index in [-0.39, 0.29) is 23.8 Å². The van der Waals surface area contributed by atoms with Crippen molar-refractivity contribution < 1.29 is 14.3 Å². The summed E-state index contributed by atoms with van der Waals surface area (Å²) in [7, 11) is 0. The first-order valence-corrected chi connectivity index (χ1v) is 9.34. The van der Waals surface area contributed by atoms with E-state index in [1.54, 1.807) is 0 Å². The van der Waals surface area contributed by atoms with Gasteiger partial charge in [0, 0.05) is 16.9 Å². The van der Waals surface area contributed by atoms with Gasteiger partial charge in [-0.25, -0.2) is 0 Å². The highest BCUT2D eigenvalue weighted by molar-refractivity contribution is 5.98. The van der Waals surface area contributed by atoms with Gasteiger partial charge in [-0.2, -0.15) is 0 Å². The molecule has 1 heterocycles. The Morgan fingerprint density at radius 2 is 1.81 bits per heavy atom. The number of aromatic nitrogens is 1. The molecular formula is C21H28N2O3. The lowest BCUT2D eigenvalue weighted by molar-refractivity contribution is -0.161. The van der Waals surface area contributed by atoms with Crippen molar-refractivity contribution in [1.29, 1.82) is 0 Å². The fourth-order valence-corrected chi connectivity index (χ4v) is 3.48. The fraction of sp³-hybridized carbons (Fsp3) is 0.524. The van der Waals surface area contributed by atoms with Crippen LogP contribution >= 0.6 is 0 Å². The molecule has 0 unspecified atom stereocenters. The molecular weight excluding hydrogens is 328 g/mol. The van der Waals surface area contributed by atoms with Crippen molar-refractivity contribution in [3.8, 4) is 0 Å². The molecule has 2 N–H and O–H groups in total. The van der Waals surface area contributed by atoms with Crippen molar-refractivity contribution in [2.75, 3.05) is 0 Å². The Balaban J connectivity index is 1.55. The lowest BCUT2D eigenvalue weighted by atomic mass is 9.86. The summed E-state index contributed by atoms with van der Waals surface area (Å²) in [5.74, 6) is -0.258. The molecule has 0 radical (unpaired) electrons. The van der Waals surface area contributed by atoms with Gasteiger partial charge in [0.05, 0.1) is 5.92 Å². The maximum Gasteiger partial charge on any atom is 0.309 e. The number of ether oxygens (including phenoxy) is 1. The number of aryl methyl sites for hydroxylation is 1. The number of rotatable bonds is 3. The monoisotopic (exact) mass is 356 g/mol. The van der Waals surface area contributed by atoms with E-state index in [2.05, 4.69) is 10.3 Å². The van der Waals surface area contributed by atoms with Crippen LogP contribution in [-0.4, -0.2) is 28.5 Å². The van der Waals surface area contributed by atoms with Crippen molar-refractivity contribution in [3.63, 3.8) is 0 Å². The maximum atomic E-state index is 12.5. The Labute approximate surface area is 154 Å². The second-order valence-electron chi connectivity index (χ2n) is 8.33. The van der Waals surface area contributed by atoms with E-state index in [1.165, 1.54) is 0 Å². The van der Waals surface area contributed by atoms with Crippen LogP contribution in [0.3, 0.4) is 0 Å². The Kier molecular flexibility index (Phi) is 5.08. The molecule has 5 nitrogen and oxygen atoms in total. The number of fused-ring (bicyclic) bond motifs is 1. The Hall–Kier alpha value is -2.30. The van der Waals surface area contributed by atoms with E-state index >= 15 is 0 Å². The number of benzene rings is 1. The number of esters is 1. The quantitative estimate of drug-likeness (QED) is 0.813. The van der Waals surface area contributed by atoms with Crippen LogP contribution in [0.1, 0.15) is 62.5 Å². The molecule has 0 atom stereocenters. The summed E-state index contributed by atoms with van der Waals surface area (Å²) in [6.07, 6.45) is 3.11. The molecule has 2 aromatic rings. The Bertz CT molecular complexity index is 808. The average Bonchev–Trinajstić information content (AvgIpc) is 2.97. The maximum absolute atomic E-state index is 12.5. The molecule has 3 rings (SSSR count). The van der Waals surface area contributed by atoms with Crippen molar-refractivity contribution >= 4 is 22.8 Å². The molecule has 140 valence electrons. The third-order valence-corrected chi connectivity index (χ3v) is 4.83. The molecule has 1 aliphatic carbocycles. The lowest BCUT2D eigenvalue weighted by Gasteiger charge is -2.30. The van der Waals surface area contributed by atoms with Gasteiger partial charge in [-0.15, -0.1) is 0 Å². The van der Waals surface area contributed by atoms with Gasteiger partial charge in [-0.1, -0.05) is 12.1 Å². The molecule has 1 aromatic carbocycles. The highest BCUT2D eigenvalue weighted by Crippen LogP contribution is 2.27. The molecule has 1 saturated carbocycles. The Morgan fingerprint density at radius 1 is 1.12 bits per heavy atom. The smallest absolute Gasteiger partial charge is 0.309 e. The van der Waals surface area contributed by atoms with Gasteiger partial charge in [-0.05, 0) is 71.1 Å². The first kappa shape index (κ1) is 18.5. The predicted octanol–water partition coefficient (Wildman–Crippen LogP) is 4.11. The van der Waals surface area contributed by atoms with Gasteiger partial charge in [0.25, 0.3) is 5.91 Å². The minimum atomic E-state index is -0.448. The van der Waals surface area contributed by atoms with Crippen LogP contribution in [0.5, 0.6) is 0 Å². The molecule has 1 aliphatic rings. The summed E-state index contributed by atoms with van der Waals surface area (Å²) in [5, 5.41) is 4.13. The number of H-pyrrole nitrogens is 1. The van der Waals surface area contributed by atoms with Gasteiger partial charge in [-0.3, -0.25) is 9.59 Å². The topological polar surface area (TPSA) is 71.2 Å². The molecule has 26 heavy (non-hydrogen) atoms. The van der Waals surface area contributed by atoms with Crippen LogP contribution in [0.15, 0.2) is 24.3 Å². The van der Waals surface area contributed by atoms with Crippen LogP contribution in [-0.2, 0) is 9.53 Å². The van der Waals surface area contributed by atoms with Crippen LogP contribution < -0.4 is 5.32 Å². The van der Waals surface area contributed by atoms with Crippen LogP contribution in [0, 0.1) is 12.8 Å². The SMILES string of the molecule is Cc1ccc2cc(C(=O)NC3CCC(C(=O)OC(C)(C)C)CC3)[nH]c2c1. The van der Waals surface area contributed by atoms with Crippen LogP contribution in [0.2, 0.25) is 0 Å². The summed E-state index contributed by atoms with van der Waals surface area (Å²) in [6.45, 7) is 7.69. The molecule has 1 aromatic heterocycles. The largest absolute Gasteiger partial charge is 0.460 e. The number of carbonyl (C=O) groups is 2. The van der Waals surface area contributed by atoms with Gasteiger partial charge >= 0.3 is 5.97 Å². The highest BCUT2D eigenvalue weighted by Gasteiger charge is 2.30. The van der Waals surface area contributed by atoms with Crippen molar-refractivity contribution in [2.45, 2.75) is 65.0 Å². The molecule has 1 fully saturated rings. The normalized spacial score (nSPS) is 20.8. The van der Waals surface area contributed by atoms with Crippen LogP contribution in [0.25, 0.3) is 10.9 Å². The molecule has 1 amide bonds. The van der Waals surface area contributed by atoms with Crippen molar-refractivity contribution in [2.24, 2.45) is 5.92 Å². The van der Waals surface area contributed by atoms with E-state index in [9.17, 15) is 9.59 Å². The zero-order valence-electron chi connectivity index (χ0n) is 16.0. The molecule has 0 saturated heterocycles. The van der Waals surface area contributed by atoms with E-state index in [4.69, 9.17) is 4.74 Å². The highest BCUT2D eigenvalue weighted by atomic mass is 16.6. The number of nitrogens with one attached hydrogen (secondary N) is 2. The van der Waals surface area contributed by atoms with Crippen molar-refractivity contribution in [3.05, 3.63) is 35.5 Å². The third-order valence-electron chi connectivity index (χ3n) is 4.83. The second kappa shape index (κ2) is 7.14. The number of hydrogen-bond donors (Lipinski definition) is 2. The zero-order chi connectivity index (χ0) is 18.9. The third kappa shape index (κ3) is 4.45. The predicted molar refractivity (Wildman–Crippen MR) is 102 cm³/mol. The van der Waals surface area contributed by atoms with E-state index < -0.39 is 5.60 Å². The summed E-state index contributed by atoms with van der Waals surface area (Å²) in [4.78, 5) is 27.9. The van der Waals surface area contributed by atoms with Crippen molar-refractivity contribution in [1.82, 2.24) is 10.3 Å².